The summed E-state index contributed by atoms with van der Waals surface area (Å²) in [5.74, 6) is 0. The van der Waals surface area contributed by atoms with E-state index in [0.29, 0.717) is 16.6 Å². The quantitative estimate of drug-likeness (QED) is 0.782. The van der Waals surface area contributed by atoms with Crippen LogP contribution in [-0.2, 0) is 19.5 Å². The number of rotatable bonds is 5. The van der Waals surface area contributed by atoms with Gasteiger partial charge < -0.3 is 5.32 Å². The minimum atomic E-state index is 0.545. The zero-order valence-electron chi connectivity index (χ0n) is 11.4. The van der Waals surface area contributed by atoms with Crippen molar-refractivity contribution in [2.45, 2.75) is 33.4 Å². The van der Waals surface area contributed by atoms with Crippen molar-refractivity contribution in [2.24, 2.45) is 0 Å². The van der Waals surface area contributed by atoms with Gasteiger partial charge in [0.2, 0.25) is 0 Å². The van der Waals surface area contributed by atoms with Gasteiger partial charge in [0, 0.05) is 6.54 Å². The van der Waals surface area contributed by atoms with Crippen LogP contribution in [0, 0.1) is 0 Å². The molecule has 6 heteroatoms. The lowest BCUT2D eigenvalue weighted by Gasteiger charge is -2.11. The fourth-order valence-corrected chi connectivity index (χ4v) is 3.08. The third-order valence-corrected chi connectivity index (χ3v) is 4.83. The molecule has 2 aromatic rings. The minimum Gasteiger partial charge on any atom is -0.378 e. The Morgan fingerprint density at radius 1 is 1.30 bits per heavy atom. The van der Waals surface area contributed by atoms with Crippen LogP contribution in [0.1, 0.15) is 25.2 Å². The fraction of sp³-hybridized carbons (Fsp3) is 0.357. The molecule has 0 aliphatic carbocycles. The Hall–Kier alpha value is -0.710. The summed E-state index contributed by atoms with van der Waals surface area (Å²) in [7, 11) is 0. The van der Waals surface area contributed by atoms with Crippen LogP contribution >= 0.6 is 39.1 Å². The van der Waals surface area contributed by atoms with Crippen molar-refractivity contribution >= 4 is 44.8 Å². The van der Waals surface area contributed by atoms with Gasteiger partial charge in [-0.25, -0.2) is 0 Å². The highest BCUT2D eigenvalue weighted by Crippen LogP contribution is 2.30. The summed E-state index contributed by atoms with van der Waals surface area (Å²) in [4.78, 5) is 0. The fourth-order valence-electron chi connectivity index (χ4n) is 2.01. The number of hydrogen-bond donors (Lipinski definition) is 1. The van der Waals surface area contributed by atoms with Gasteiger partial charge in [0.1, 0.15) is 0 Å². The number of benzene rings is 1. The van der Waals surface area contributed by atoms with E-state index in [1.165, 1.54) is 0 Å². The Morgan fingerprint density at radius 2 is 2.05 bits per heavy atom. The summed E-state index contributed by atoms with van der Waals surface area (Å²) in [5, 5.41) is 8.98. The van der Waals surface area contributed by atoms with Crippen LogP contribution in [0.4, 0.5) is 5.69 Å². The second-order valence-electron chi connectivity index (χ2n) is 4.33. The summed E-state index contributed by atoms with van der Waals surface area (Å²) < 4.78 is 3.06. The van der Waals surface area contributed by atoms with Crippen LogP contribution in [0.5, 0.6) is 0 Å². The number of halogens is 3. The van der Waals surface area contributed by atoms with Crippen LogP contribution in [0.3, 0.4) is 0 Å². The first kappa shape index (κ1) is 15.7. The van der Waals surface area contributed by atoms with E-state index in [1.807, 2.05) is 16.8 Å². The lowest BCUT2D eigenvalue weighted by atomic mass is 10.3. The molecule has 0 fully saturated rings. The molecule has 1 aromatic carbocycles. The Morgan fingerprint density at radius 3 is 2.70 bits per heavy atom. The Labute approximate surface area is 137 Å². The van der Waals surface area contributed by atoms with Crippen molar-refractivity contribution in [1.82, 2.24) is 9.78 Å². The SMILES string of the molecule is CCc1nn(CC)c(CNc2cccc(Cl)c2Cl)c1Br. The van der Waals surface area contributed by atoms with Crippen LogP contribution < -0.4 is 5.32 Å². The van der Waals surface area contributed by atoms with Crippen LogP contribution in [0.25, 0.3) is 0 Å². The minimum absolute atomic E-state index is 0.545. The average Bonchev–Trinajstić information content (AvgIpc) is 2.76. The van der Waals surface area contributed by atoms with Gasteiger partial charge >= 0.3 is 0 Å². The van der Waals surface area contributed by atoms with Crippen molar-refractivity contribution in [2.75, 3.05) is 5.32 Å². The highest BCUT2D eigenvalue weighted by Gasteiger charge is 2.14. The van der Waals surface area contributed by atoms with Crippen LogP contribution in [-0.4, -0.2) is 9.78 Å². The zero-order chi connectivity index (χ0) is 14.7. The Bertz CT molecular complexity index is 611. The van der Waals surface area contributed by atoms with Crippen molar-refractivity contribution in [3.05, 3.63) is 44.1 Å². The molecular weight excluding hydrogens is 361 g/mol. The molecule has 3 nitrogen and oxygen atoms in total. The van der Waals surface area contributed by atoms with E-state index >= 15 is 0 Å². The molecule has 0 radical (unpaired) electrons. The van der Waals surface area contributed by atoms with Crippen LogP contribution in [0.15, 0.2) is 22.7 Å². The van der Waals surface area contributed by atoms with Crippen molar-refractivity contribution in [1.29, 1.82) is 0 Å². The molecule has 0 unspecified atom stereocenters. The van der Waals surface area contributed by atoms with Crippen molar-refractivity contribution in [3.63, 3.8) is 0 Å². The first-order valence-electron chi connectivity index (χ1n) is 6.50. The van der Waals surface area contributed by atoms with Gasteiger partial charge in [-0.2, -0.15) is 5.10 Å². The maximum absolute atomic E-state index is 6.18. The summed E-state index contributed by atoms with van der Waals surface area (Å²) in [5.41, 5.74) is 3.01. The molecule has 0 aliphatic rings. The summed E-state index contributed by atoms with van der Waals surface area (Å²) in [6.07, 6.45) is 0.901. The van der Waals surface area contributed by atoms with Gasteiger partial charge in [-0.05, 0) is 41.4 Å². The monoisotopic (exact) mass is 375 g/mol. The van der Waals surface area contributed by atoms with Gasteiger partial charge in [-0.1, -0.05) is 36.2 Å². The Kier molecular flexibility index (Phi) is 5.35. The van der Waals surface area contributed by atoms with Gasteiger partial charge in [0.25, 0.3) is 0 Å². The van der Waals surface area contributed by atoms with E-state index in [-0.39, 0.29) is 0 Å². The van der Waals surface area contributed by atoms with E-state index in [1.54, 1.807) is 6.07 Å². The van der Waals surface area contributed by atoms with E-state index in [4.69, 9.17) is 23.2 Å². The van der Waals surface area contributed by atoms with Crippen molar-refractivity contribution < 1.29 is 0 Å². The van der Waals surface area contributed by atoms with Gasteiger partial charge in [0.15, 0.2) is 0 Å². The largest absolute Gasteiger partial charge is 0.378 e. The summed E-state index contributed by atoms with van der Waals surface area (Å²) in [6, 6.07) is 5.56. The smallest absolute Gasteiger partial charge is 0.0823 e. The first-order chi connectivity index (χ1) is 9.58. The first-order valence-corrected chi connectivity index (χ1v) is 8.05. The number of hydrogen-bond acceptors (Lipinski definition) is 2. The molecular formula is C14H16BrCl2N3. The number of nitrogens with zero attached hydrogens (tertiary/aromatic N) is 2. The number of anilines is 1. The normalized spacial score (nSPS) is 10.8. The standard InChI is InChI=1S/C14H16BrCl2N3/c1-3-10-13(15)12(20(4-2)19-10)8-18-11-7-5-6-9(16)14(11)17/h5-7,18H,3-4,8H2,1-2H3. The van der Waals surface area contributed by atoms with Crippen LogP contribution in [0.2, 0.25) is 10.0 Å². The molecule has 0 bridgehead atoms. The highest BCUT2D eigenvalue weighted by atomic mass is 79.9. The summed E-state index contributed by atoms with van der Waals surface area (Å²) in [6.45, 7) is 5.65. The number of nitrogens with one attached hydrogen (secondary N) is 1. The molecule has 108 valence electrons. The highest BCUT2D eigenvalue weighted by molar-refractivity contribution is 9.10. The van der Waals surface area contributed by atoms with E-state index in [2.05, 4.69) is 40.2 Å². The third kappa shape index (κ3) is 3.13. The molecule has 1 aromatic heterocycles. The molecule has 0 atom stereocenters. The maximum atomic E-state index is 6.18. The lowest BCUT2D eigenvalue weighted by Crippen LogP contribution is -2.08. The molecule has 0 aliphatic heterocycles. The van der Waals surface area contributed by atoms with E-state index in [0.717, 1.165) is 34.5 Å². The van der Waals surface area contributed by atoms with Gasteiger partial charge in [0.05, 0.1) is 38.1 Å². The third-order valence-electron chi connectivity index (χ3n) is 3.09. The molecule has 1 heterocycles. The lowest BCUT2D eigenvalue weighted by molar-refractivity contribution is 0.619. The predicted molar refractivity (Wildman–Crippen MR) is 88.8 cm³/mol. The topological polar surface area (TPSA) is 29.9 Å². The Balaban J connectivity index is 2.22. The van der Waals surface area contributed by atoms with Crippen molar-refractivity contribution in [3.8, 4) is 0 Å². The zero-order valence-corrected chi connectivity index (χ0v) is 14.5. The molecule has 0 amide bonds. The van der Waals surface area contributed by atoms with E-state index in [9.17, 15) is 0 Å². The summed E-state index contributed by atoms with van der Waals surface area (Å²) >= 11 is 15.8. The molecule has 1 N–H and O–H groups in total. The maximum Gasteiger partial charge on any atom is 0.0823 e. The second kappa shape index (κ2) is 6.83. The van der Waals surface area contributed by atoms with Gasteiger partial charge in [-0.3, -0.25) is 4.68 Å². The van der Waals surface area contributed by atoms with E-state index < -0.39 is 0 Å². The number of aryl methyl sites for hydroxylation is 2. The number of aromatic nitrogens is 2. The molecule has 20 heavy (non-hydrogen) atoms. The molecule has 2 rings (SSSR count). The molecule has 0 saturated heterocycles. The molecule has 0 saturated carbocycles. The van der Waals surface area contributed by atoms with Gasteiger partial charge in [-0.15, -0.1) is 0 Å². The average molecular weight is 377 g/mol. The predicted octanol–water partition coefficient (Wildman–Crippen LogP) is 5.15. The second-order valence-corrected chi connectivity index (χ2v) is 5.91. The molecule has 0 spiro atoms.